The zero-order chi connectivity index (χ0) is 16.1. The van der Waals surface area contributed by atoms with Gasteiger partial charge >= 0.3 is 0 Å². The molecule has 0 aliphatic rings. The Labute approximate surface area is 144 Å². The smallest absolute Gasteiger partial charge is 0.252 e. The predicted octanol–water partition coefficient (Wildman–Crippen LogP) is 4.93. The number of anilines is 1. The Kier molecular flexibility index (Phi) is 5.86. The highest BCUT2D eigenvalue weighted by atomic mass is 79.9. The largest absolute Gasteiger partial charge is 0.365 e. The Morgan fingerprint density at radius 1 is 1.05 bits per heavy atom. The highest BCUT2D eigenvalue weighted by Gasteiger charge is 2.17. The molecule has 0 aromatic heterocycles. The van der Waals surface area contributed by atoms with Crippen LogP contribution in [-0.4, -0.2) is 12.1 Å². The van der Waals surface area contributed by atoms with E-state index in [0.717, 1.165) is 10.2 Å². The first kappa shape index (κ1) is 16.8. The summed E-state index contributed by atoms with van der Waals surface area (Å²) in [6, 6.07) is 14.7. The molecule has 22 heavy (non-hydrogen) atoms. The molecule has 2 aromatic carbocycles. The van der Waals surface area contributed by atoms with Crippen LogP contribution < -0.4 is 10.6 Å². The van der Waals surface area contributed by atoms with Gasteiger partial charge in [0.05, 0.1) is 0 Å². The molecule has 0 fully saturated rings. The molecule has 3 nitrogen and oxygen atoms in total. The molecule has 2 rings (SSSR count). The van der Waals surface area contributed by atoms with Gasteiger partial charge in [0.1, 0.15) is 6.17 Å². The van der Waals surface area contributed by atoms with Crippen molar-refractivity contribution in [3.63, 3.8) is 0 Å². The van der Waals surface area contributed by atoms with Crippen LogP contribution in [0.1, 0.15) is 24.2 Å². The molecule has 0 heterocycles. The SMILES string of the molecule is CC(C)C(NC(=O)c1ccc(Br)cc1)Nc1ccc(Cl)cc1. The van der Waals surface area contributed by atoms with Gasteiger partial charge in [0.2, 0.25) is 0 Å². The maximum atomic E-state index is 12.3. The summed E-state index contributed by atoms with van der Waals surface area (Å²) >= 11 is 9.25. The molecule has 2 N–H and O–H groups in total. The minimum atomic E-state index is -0.169. The van der Waals surface area contributed by atoms with Gasteiger partial charge in [-0.1, -0.05) is 41.4 Å². The summed E-state index contributed by atoms with van der Waals surface area (Å²) in [7, 11) is 0. The number of amides is 1. The fourth-order valence-electron chi connectivity index (χ4n) is 1.92. The quantitative estimate of drug-likeness (QED) is 0.721. The Morgan fingerprint density at radius 2 is 1.64 bits per heavy atom. The molecule has 116 valence electrons. The lowest BCUT2D eigenvalue weighted by Crippen LogP contribution is -2.44. The van der Waals surface area contributed by atoms with E-state index in [-0.39, 0.29) is 18.0 Å². The molecule has 0 spiro atoms. The summed E-state index contributed by atoms with van der Waals surface area (Å²) in [6.07, 6.45) is -0.169. The van der Waals surface area contributed by atoms with Crippen molar-refractivity contribution in [2.24, 2.45) is 5.92 Å². The molecule has 2 aromatic rings. The summed E-state index contributed by atoms with van der Waals surface area (Å²) in [6.45, 7) is 4.10. The zero-order valence-corrected chi connectivity index (χ0v) is 14.8. The van der Waals surface area contributed by atoms with Crippen molar-refractivity contribution >= 4 is 39.1 Å². The molecule has 5 heteroatoms. The number of carbonyl (C=O) groups excluding carboxylic acids is 1. The number of hydrogen-bond acceptors (Lipinski definition) is 2. The van der Waals surface area contributed by atoms with Gasteiger partial charge in [-0.2, -0.15) is 0 Å². The first-order valence-electron chi connectivity index (χ1n) is 7.04. The maximum absolute atomic E-state index is 12.3. The van der Waals surface area contributed by atoms with Crippen LogP contribution in [0.2, 0.25) is 5.02 Å². The van der Waals surface area contributed by atoms with Crippen LogP contribution in [0.4, 0.5) is 5.69 Å². The molecule has 0 radical (unpaired) electrons. The number of carbonyl (C=O) groups is 1. The van der Waals surface area contributed by atoms with Crippen LogP contribution in [0.5, 0.6) is 0 Å². The van der Waals surface area contributed by atoms with Crippen molar-refractivity contribution < 1.29 is 4.79 Å². The van der Waals surface area contributed by atoms with Gasteiger partial charge in [0.25, 0.3) is 5.91 Å². The van der Waals surface area contributed by atoms with Crippen molar-refractivity contribution in [2.75, 3.05) is 5.32 Å². The van der Waals surface area contributed by atoms with Crippen molar-refractivity contribution in [1.29, 1.82) is 0 Å². The number of nitrogens with one attached hydrogen (secondary N) is 2. The van der Waals surface area contributed by atoms with E-state index in [1.165, 1.54) is 0 Å². The first-order chi connectivity index (χ1) is 10.5. The lowest BCUT2D eigenvalue weighted by molar-refractivity contribution is 0.0932. The van der Waals surface area contributed by atoms with Gasteiger partial charge in [-0.15, -0.1) is 0 Å². The molecule has 0 aliphatic carbocycles. The van der Waals surface area contributed by atoms with Gasteiger partial charge in [0.15, 0.2) is 0 Å². The number of hydrogen-bond donors (Lipinski definition) is 2. The van der Waals surface area contributed by atoms with Gasteiger partial charge in [-0.05, 0) is 54.4 Å². The van der Waals surface area contributed by atoms with Crippen LogP contribution in [0.25, 0.3) is 0 Å². The summed E-state index contributed by atoms with van der Waals surface area (Å²) < 4.78 is 0.948. The number of halogens is 2. The van der Waals surface area contributed by atoms with E-state index in [0.29, 0.717) is 10.6 Å². The molecular formula is C17H18BrClN2O. The Bertz CT molecular complexity index is 626. The molecule has 1 amide bonds. The maximum Gasteiger partial charge on any atom is 0.252 e. The highest BCUT2D eigenvalue weighted by Crippen LogP contribution is 2.16. The summed E-state index contributed by atoms with van der Waals surface area (Å²) in [5.41, 5.74) is 1.55. The normalized spacial score (nSPS) is 12.0. The third-order valence-electron chi connectivity index (χ3n) is 3.23. The van der Waals surface area contributed by atoms with E-state index in [9.17, 15) is 4.79 Å². The highest BCUT2D eigenvalue weighted by molar-refractivity contribution is 9.10. The molecule has 0 aliphatic heterocycles. The lowest BCUT2D eigenvalue weighted by atomic mass is 10.1. The Balaban J connectivity index is 2.06. The minimum absolute atomic E-state index is 0.104. The Morgan fingerprint density at radius 3 is 2.18 bits per heavy atom. The van der Waals surface area contributed by atoms with Gasteiger partial charge in [0, 0.05) is 20.7 Å². The third kappa shape index (κ3) is 4.75. The molecule has 1 atom stereocenters. The minimum Gasteiger partial charge on any atom is -0.365 e. The molecule has 0 bridgehead atoms. The summed E-state index contributed by atoms with van der Waals surface area (Å²) in [5, 5.41) is 7.02. The van der Waals surface area contributed by atoms with E-state index in [1.807, 2.05) is 36.4 Å². The number of rotatable bonds is 5. The molecular weight excluding hydrogens is 364 g/mol. The predicted molar refractivity (Wildman–Crippen MR) is 95.3 cm³/mol. The second kappa shape index (κ2) is 7.65. The summed E-state index contributed by atoms with van der Waals surface area (Å²) in [4.78, 5) is 12.3. The van der Waals surface area contributed by atoms with Crippen molar-refractivity contribution in [2.45, 2.75) is 20.0 Å². The fourth-order valence-corrected chi connectivity index (χ4v) is 2.31. The van der Waals surface area contributed by atoms with Gasteiger partial charge in [-0.3, -0.25) is 4.79 Å². The number of benzene rings is 2. The van der Waals surface area contributed by atoms with E-state index in [2.05, 4.69) is 40.4 Å². The third-order valence-corrected chi connectivity index (χ3v) is 4.01. The van der Waals surface area contributed by atoms with Crippen LogP contribution in [0, 0.1) is 5.92 Å². The molecule has 0 saturated carbocycles. The monoisotopic (exact) mass is 380 g/mol. The van der Waals surface area contributed by atoms with Crippen molar-refractivity contribution in [1.82, 2.24) is 5.32 Å². The topological polar surface area (TPSA) is 41.1 Å². The van der Waals surface area contributed by atoms with E-state index < -0.39 is 0 Å². The van der Waals surface area contributed by atoms with Crippen LogP contribution in [-0.2, 0) is 0 Å². The average Bonchev–Trinajstić information content (AvgIpc) is 2.49. The average molecular weight is 382 g/mol. The first-order valence-corrected chi connectivity index (χ1v) is 8.21. The second-order valence-corrected chi connectivity index (χ2v) is 6.71. The van der Waals surface area contributed by atoms with E-state index in [4.69, 9.17) is 11.6 Å². The van der Waals surface area contributed by atoms with Crippen molar-refractivity contribution in [3.8, 4) is 0 Å². The fraction of sp³-hybridized carbons (Fsp3) is 0.235. The zero-order valence-electron chi connectivity index (χ0n) is 12.4. The van der Waals surface area contributed by atoms with Gasteiger partial charge < -0.3 is 10.6 Å². The van der Waals surface area contributed by atoms with Crippen LogP contribution in [0.15, 0.2) is 53.0 Å². The van der Waals surface area contributed by atoms with Crippen LogP contribution >= 0.6 is 27.5 Å². The van der Waals surface area contributed by atoms with E-state index >= 15 is 0 Å². The molecule has 1 unspecified atom stereocenters. The van der Waals surface area contributed by atoms with E-state index in [1.54, 1.807) is 12.1 Å². The molecule has 0 saturated heterocycles. The van der Waals surface area contributed by atoms with Crippen molar-refractivity contribution in [3.05, 3.63) is 63.6 Å². The summed E-state index contributed by atoms with van der Waals surface area (Å²) in [5.74, 6) is 0.128. The Hall–Kier alpha value is -1.52. The second-order valence-electron chi connectivity index (χ2n) is 5.35. The standard InChI is InChI=1S/C17H18BrClN2O/c1-11(2)16(20-15-9-7-14(19)8-10-15)21-17(22)12-3-5-13(18)6-4-12/h3-11,16,20H,1-2H3,(H,21,22). The van der Waals surface area contributed by atoms with Gasteiger partial charge in [-0.25, -0.2) is 0 Å². The lowest BCUT2D eigenvalue weighted by Gasteiger charge is -2.25. The van der Waals surface area contributed by atoms with Crippen LogP contribution in [0.3, 0.4) is 0 Å².